The predicted molar refractivity (Wildman–Crippen MR) is 110 cm³/mol. The molecule has 1 atom stereocenters. The van der Waals surface area contributed by atoms with Crippen LogP contribution in [-0.2, 0) is 6.42 Å². The lowest BCUT2D eigenvalue weighted by atomic mass is 9.82. The molecule has 4 nitrogen and oxygen atoms in total. The number of ketones is 1. The summed E-state index contributed by atoms with van der Waals surface area (Å²) in [5.41, 5.74) is 5.79. The Bertz CT molecular complexity index is 1250. The summed E-state index contributed by atoms with van der Waals surface area (Å²) in [5.74, 6) is -0.247. The van der Waals surface area contributed by atoms with Crippen LogP contribution in [0.25, 0.3) is 16.8 Å². The molecule has 1 aliphatic rings. The summed E-state index contributed by atoms with van der Waals surface area (Å²) in [5, 5.41) is 5.24. The number of rotatable bonds is 2. The SMILES string of the molecule is Cc1nn2cc3c(nc2c1-c1ccc(Cl)cc1)CC(c1ccc(F)cc1)CC3=O. The maximum absolute atomic E-state index is 13.3. The number of halogens is 2. The van der Waals surface area contributed by atoms with Crippen molar-refractivity contribution in [2.45, 2.75) is 25.7 Å². The van der Waals surface area contributed by atoms with Crippen molar-refractivity contribution in [3.05, 3.63) is 88.1 Å². The lowest BCUT2D eigenvalue weighted by Crippen LogP contribution is -2.21. The van der Waals surface area contributed by atoms with Gasteiger partial charge in [-0.1, -0.05) is 35.9 Å². The standard InChI is InChI=1S/C23H17ClFN3O/c1-13-22(15-2-6-17(24)7-3-15)23-26-20-10-16(14-4-8-18(25)9-5-14)11-21(29)19(20)12-28(23)27-13/h2-9,12,16H,10-11H2,1H3. The van der Waals surface area contributed by atoms with Gasteiger partial charge in [-0.2, -0.15) is 5.10 Å². The predicted octanol–water partition coefficient (Wildman–Crippen LogP) is 5.41. The van der Waals surface area contributed by atoms with Crippen LogP contribution in [0.4, 0.5) is 4.39 Å². The first-order valence-corrected chi connectivity index (χ1v) is 9.81. The second-order valence-corrected chi connectivity index (χ2v) is 7.85. The van der Waals surface area contributed by atoms with Gasteiger partial charge in [0.05, 0.1) is 17.0 Å². The van der Waals surface area contributed by atoms with Crippen LogP contribution in [0, 0.1) is 12.7 Å². The van der Waals surface area contributed by atoms with Crippen molar-refractivity contribution in [2.75, 3.05) is 0 Å². The molecule has 0 saturated heterocycles. The summed E-state index contributed by atoms with van der Waals surface area (Å²) in [6, 6.07) is 13.9. The summed E-state index contributed by atoms with van der Waals surface area (Å²) < 4.78 is 15.0. The van der Waals surface area contributed by atoms with Crippen LogP contribution < -0.4 is 0 Å². The first-order chi connectivity index (χ1) is 14.0. The molecule has 0 N–H and O–H groups in total. The molecule has 144 valence electrons. The van der Waals surface area contributed by atoms with E-state index < -0.39 is 0 Å². The van der Waals surface area contributed by atoms with E-state index in [0.717, 1.165) is 33.7 Å². The molecule has 6 heteroatoms. The second-order valence-electron chi connectivity index (χ2n) is 7.42. The number of hydrogen-bond donors (Lipinski definition) is 0. The number of fused-ring (bicyclic) bond motifs is 2. The van der Waals surface area contributed by atoms with Crippen LogP contribution in [0.2, 0.25) is 5.02 Å². The fourth-order valence-electron chi connectivity index (χ4n) is 4.07. The molecule has 5 rings (SSSR count). The van der Waals surface area contributed by atoms with E-state index in [0.29, 0.717) is 23.4 Å². The molecule has 1 unspecified atom stereocenters. The Morgan fingerprint density at radius 2 is 1.79 bits per heavy atom. The largest absolute Gasteiger partial charge is 0.294 e. The van der Waals surface area contributed by atoms with Crippen LogP contribution in [0.15, 0.2) is 54.7 Å². The Hall–Kier alpha value is -3.05. The van der Waals surface area contributed by atoms with Gasteiger partial charge in [0.2, 0.25) is 0 Å². The third-order valence-corrected chi connectivity index (χ3v) is 5.76. The highest BCUT2D eigenvalue weighted by atomic mass is 35.5. The van der Waals surface area contributed by atoms with Gasteiger partial charge in [-0.15, -0.1) is 0 Å². The fraction of sp³-hybridized carbons (Fsp3) is 0.174. The molecule has 29 heavy (non-hydrogen) atoms. The summed E-state index contributed by atoms with van der Waals surface area (Å²) in [7, 11) is 0. The van der Waals surface area contributed by atoms with E-state index in [-0.39, 0.29) is 17.5 Å². The van der Waals surface area contributed by atoms with Crippen molar-refractivity contribution >= 4 is 23.0 Å². The summed E-state index contributed by atoms with van der Waals surface area (Å²) >= 11 is 6.03. The van der Waals surface area contributed by atoms with Gasteiger partial charge < -0.3 is 0 Å². The first kappa shape index (κ1) is 18.0. The zero-order chi connectivity index (χ0) is 20.1. The van der Waals surface area contributed by atoms with E-state index in [4.69, 9.17) is 16.6 Å². The van der Waals surface area contributed by atoms with E-state index >= 15 is 0 Å². The molecule has 2 aromatic heterocycles. The topological polar surface area (TPSA) is 47.3 Å². The second kappa shape index (κ2) is 6.78. The molecular weight excluding hydrogens is 389 g/mol. The molecule has 1 aliphatic carbocycles. The molecule has 0 amide bonds. The number of nitrogens with zero attached hydrogens (tertiary/aromatic N) is 3. The monoisotopic (exact) mass is 405 g/mol. The molecule has 0 fully saturated rings. The highest BCUT2D eigenvalue weighted by Crippen LogP contribution is 2.34. The number of carbonyl (C=O) groups excluding carboxylic acids is 1. The summed E-state index contributed by atoms with van der Waals surface area (Å²) in [6.07, 6.45) is 2.80. The minimum Gasteiger partial charge on any atom is -0.294 e. The highest BCUT2D eigenvalue weighted by molar-refractivity contribution is 6.30. The van der Waals surface area contributed by atoms with Gasteiger partial charge in [0.1, 0.15) is 5.82 Å². The first-order valence-electron chi connectivity index (χ1n) is 9.43. The average Bonchev–Trinajstić information content (AvgIpc) is 3.02. The van der Waals surface area contributed by atoms with Gasteiger partial charge in [0, 0.05) is 23.2 Å². The lowest BCUT2D eigenvalue weighted by Gasteiger charge is -2.23. The minimum absolute atomic E-state index is 0.00597. The van der Waals surface area contributed by atoms with Gasteiger partial charge in [0.25, 0.3) is 0 Å². The van der Waals surface area contributed by atoms with E-state index in [1.807, 2.05) is 31.2 Å². The van der Waals surface area contributed by atoms with Crippen molar-refractivity contribution in [3.63, 3.8) is 0 Å². The van der Waals surface area contributed by atoms with Gasteiger partial charge >= 0.3 is 0 Å². The number of benzene rings is 2. The van der Waals surface area contributed by atoms with E-state index in [1.54, 1.807) is 22.8 Å². The molecular formula is C23H17ClFN3O. The Kier molecular flexibility index (Phi) is 4.21. The molecule has 0 bridgehead atoms. The Morgan fingerprint density at radius 1 is 1.07 bits per heavy atom. The smallest absolute Gasteiger partial charge is 0.166 e. The van der Waals surface area contributed by atoms with Crippen molar-refractivity contribution in [3.8, 4) is 11.1 Å². The maximum Gasteiger partial charge on any atom is 0.166 e. The quantitative estimate of drug-likeness (QED) is 0.448. The normalized spacial score (nSPS) is 16.2. The number of aryl methyl sites for hydroxylation is 1. The average molecular weight is 406 g/mol. The number of hydrogen-bond acceptors (Lipinski definition) is 3. The Labute approximate surface area is 172 Å². The number of carbonyl (C=O) groups is 1. The van der Waals surface area contributed by atoms with Gasteiger partial charge in [-0.25, -0.2) is 13.9 Å². The van der Waals surface area contributed by atoms with Crippen LogP contribution in [0.1, 0.15) is 39.6 Å². The van der Waals surface area contributed by atoms with Crippen LogP contribution in [-0.4, -0.2) is 20.4 Å². The van der Waals surface area contributed by atoms with E-state index in [1.165, 1.54) is 12.1 Å². The zero-order valence-corrected chi connectivity index (χ0v) is 16.4. The summed E-state index contributed by atoms with van der Waals surface area (Å²) in [4.78, 5) is 17.7. The van der Waals surface area contributed by atoms with Crippen LogP contribution >= 0.6 is 11.6 Å². The summed E-state index contributed by atoms with van der Waals surface area (Å²) in [6.45, 7) is 1.93. The molecule has 0 spiro atoms. The maximum atomic E-state index is 13.3. The van der Waals surface area contributed by atoms with E-state index in [9.17, 15) is 9.18 Å². The van der Waals surface area contributed by atoms with Crippen molar-refractivity contribution in [2.24, 2.45) is 0 Å². The van der Waals surface area contributed by atoms with Crippen molar-refractivity contribution in [1.29, 1.82) is 0 Å². The van der Waals surface area contributed by atoms with Crippen molar-refractivity contribution < 1.29 is 9.18 Å². The molecule has 0 aliphatic heterocycles. The zero-order valence-electron chi connectivity index (χ0n) is 15.7. The third-order valence-electron chi connectivity index (χ3n) is 5.51. The van der Waals surface area contributed by atoms with Gasteiger partial charge in [-0.05, 0) is 54.7 Å². The molecule has 2 heterocycles. The molecule has 0 saturated carbocycles. The van der Waals surface area contributed by atoms with Crippen molar-refractivity contribution in [1.82, 2.24) is 14.6 Å². The van der Waals surface area contributed by atoms with Gasteiger partial charge in [0.15, 0.2) is 11.4 Å². The van der Waals surface area contributed by atoms with Crippen LogP contribution in [0.5, 0.6) is 0 Å². The minimum atomic E-state index is -0.279. The molecule has 2 aromatic carbocycles. The number of Topliss-reactive ketones (excluding diaryl/α,β-unsaturated/α-hetero) is 1. The fourth-order valence-corrected chi connectivity index (χ4v) is 4.20. The number of aromatic nitrogens is 3. The van der Waals surface area contributed by atoms with Crippen LogP contribution in [0.3, 0.4) is 0 Å². The Balaban J connectivity index is 1.62. The molecule has 4 aromatic rings. The van der Waals surface area contributed by atoms with Gasteiger partial charge in [-0.3, -0.25) is 4.79 Å². The highest BCUT2D eigenvalue weighted by Gasteiger charge is 2.29. The molecule has 0 radical (unpaired) electrons. The Morgan fingerprint density at radius 3 is 2.52 bits per heavy atom. The third kappa shape index (κ3) is 3.12. The van der Waals surface area contributed by atoms with E-state index in [2.05, 4.69) is 5.10 Å². The lowest BCUT2D eigenvalue weighted by molar-refractivity contribution is 0.0962.